The number of imide groups is 1. The summed E-state index contributed by atoms with van der Waals surface area (Å²) in [5, 5.41) is -0.334. The second-order valence-corrected chi connectivity index (χ2v) is 5.16. The van der Waals surface area contributed by atoms with Gasteiger partial charge in [-0.2, -0.15) is 0 Å². The summed E-state index contributed by atoms with van der Waals surface area (Å²) in [5.41, 5.74) is 0. The summed E-state index contributed by atoms with van der Waals surface area (Å²) in [6, 6.07) is 0. The summed E-state index contributed by atoms with van der Waals surface area (Å²) in [6.45, 7) is 1.26. The standard InChI is InChI=1S/C7H6NO3S.CH3.Al.H/c1-4(9)3-8-6(10)5(2)12-7(8)11;;;/h2H,3H2,1H3;1H3;;. The first-order valence-electron chi connectivity index (χ1n) is 4.29. The molecule has 0 bridgehead atoms. The minimum absolute atomic E-state index is 0.104. The maximum Gasteiger partial charge on any atom is 0.293 e. The molecule has 1 aliphatic rings. The molecule has 4 nitrogen and oxygen atoms in total. The number of rotatable bonds is 3. The summed E-state index contributed by atoms with van der Waals surface area (Å²) in [4.78, 5) is 36.9. The van der Waals surface area contributed by atoms with Gasteiger partial charge in [-0.25, -0.2) is 0 Å². The van der Waals surface area contributed by atoms with E-state index in [1.165, 1.54) is 6.92 Å². The third-order valence-corrected chi connectivity index (χ3v) is 3.71. The molecule has 0 aromatic rings. The smallest absolute Gasteiger partial charge is 0.293 e. The van der Waals surface area contributed by atoms with E-state index in [4.69, 9.17) is 0 Å². The van der Waals surface area contributed by atoms with Crippen molar-refractivity contribution in [2.24, 2.45) is 0 Å². The van der Waals surface area contributed by atoms with Crippen molar-refractivity contribution in [3.8, 4) is 0 Å². The van der Waals surface area contributed by atoms with Gasteiger partial charge in [0.1, 0.15) is 5.78 Å². The molecule has 1 rings (SSSR count). The lowest BCUT2D eigenvalue weighted by Crippen LogP contribution is -2.32. The van der Waals surface area contributed by atoms with Crippen LogP contribution in [0.15, 0.2) is 9.84 Å². The van der Waals surface area contributed by atoms with Crippen LogP contribution in [-0.4, -0.2) is 43.6 Å². The van der Waals surface area contributed by atoms with Gasteiger partial charge < -0.3 is 0 Å². The van der Waals surface area contributed by atoms with E-state index in [-0.39, 0.29) is 38.7 Å². The van der Waals surface area contributed by atoms with Gasteiger partial charge in [0.25, 0.3) is 26.4 Å². The van der Waals surface area contributed by atoms with Crippen LogP contribution in [-0.2, 0) is 9.59 Å². The highest BCUT2D eigenvalue weighted by molar-refractivity contribution is 8.18. The highest BCUT2D eigenvalue weighted by Gasteiger charge is 2.34. The molecule has 74 valence electrons. The fourth-order valence-corrected chi connectivity index (χ4v) is 3.10. The van der Waals surface area contributed by atoms with Crippen LogP contribution in [0.2, 0.25) is 5.79 Å². The third-order valence-electron chi connectivity index (χ3n) is 1.64. The van der Waals surface area contributed by atoms with Crippen molar-refractivity contribution in [3.05, 3.63) is 9.84 Å². The minimum atomic E-state index is -0.387. The van der Waals surface area contributed by atoms with E-state index in [2.05, 4.69) is 0 Å². The van der Waals surface area contributed by atoms with Crippen molar-refractivity contribution in [1.82, 2.24) is 4.90 Å². The fourth-order valence-electron chi connectivity index (χ4n) is 1.08. The Bertz CT molecular complexity index is 327. The molecule has 0 aliphatic carbocycles. The van der Waals surface area contributed by atoms with E-state index >= 15 is 0 Å². The number of nitrogens with zero attached hydrogens (tertiary/aromatic N) is 1. The van der Waals surface area contributed by atoms with Crippen molar-refractivity contribution in [3.63, 3.8) is 0 Å². The van der Waals surface area contributed by atoms with E-state index in [0.717, 1.165) is 16.7 Å². The van der Waals surface area contributed by atoms with Crippen LogP contribution >= 0.6 is 11.8 Å². The number of Topliss-reactive ketones (excluding diaryl/α,β-unsaturated/α-hetero) is 1. The van der Waals surface area contributed by atoms with E-state index in [9.17, 15) is 14.4 Å². The van der Waals surface area contributed by atoms with Crippen LogP contribution in [0.1, 0.15) is 6.92 Å². The van der Waals surface area contributed by atoms with Crippen LogP contribution < -0.4 is 0 Å². The van der Waals surface area contributed by atoms with Crippen LogP contribution in [0.25, 0.3) is 0 Å². The average molecular weight is 227 g/mol. The topological polar surface area (TPSA) is 54.5 Å². The second kappa shape index (κ2) is 4.78. The lowest BCUT2D eigenvalue weighted by atomic mass is 10.4. The zero-order valence-electron chi connectivity index (χ0n) is 8.07. The molecule has 1 aliphatic heterocycles. The van der Waals surface area contributed by atoms with Gasteiger partial charge in [0, 0.05) is 0 Å². The number of hydrogen-bond acceptors (Lipinski definition) is 4. The quantitative estimate of drug-likeness (QED) is 0.523. The molecule has 1 fully saturated rings. The molecule has 0 spiro atoms. The molecule has 1 heterocycles. The molecule has 0 aromatic carbocycles. The van der Waals surface area contributed by atoms with Gasteiger partial charge in [0.15, 0.2) is 0 Å². The molecule has 2 amide bonds. The van der Waals surface area contributed by atoms with E-state index in [1.54, 1.807) is 0 Å². The Hall–Kier alpha value is -0.568. The third kappa shape index (κ3) is 2.47. The molecule has 6 heteroatoms. The average Bonchev–Trinajstić information content (AvgIpc) is 2.33. The first-order valence-corrected chi connectivity index (χ1v) is 7.34. The summed E-state index contributed by atoms with van der Waals surface area (Å²) >= 11 is 0.542. The van der Waals surface area contributed by atoms with Gasteiger partial charge >= 0.3 is 0 Å². The van der Waals surface area contributed by atoms with Crippen molar-refractivity contribution in [2.45, 2.75) is 12.7 Å². The number of thioether (sulfide) groups is 1. The Labute approximate surface area is 92.4 Å². The molecule has 14 heavy (non-hydrogen) atoms. The molecule has 0 radical (unpaired) electrons. The minimum Gasteiger partial charge on any atom is -0.298 e. The Morgan fingerprint density at radius 1 is 1.57 bits per heavy atom. The van der Waals surface area contributed by atoms with Crippen LogP contribution in [0.3, 0.4) is 0 Å². The van der Waals surface area contributed by atoms with Crippen molar-refractivity contribution < 1.29 is 14.4 Å². The van der Waals surface area contributed by atoms with E-state index < -0.39 is 0 Å². The van der Waals surface area contributed by atoms with Gasteiger partial charge in [-0.1, -0.05) is 0 Å². The molecular formula is C8H10AlNO3S. The van der Waals surface area contributed by atoms with Gasteiger partial charge in [-0.3, -0.25) is 19.3 Å². The largest absolute Gasteiger partial charge is 0.298 e. The van der Waals surface area contributed by atoms with Gasteiger partial charge in [-0.15, -0.1) is 10.7 Å². The van der Waals surface area contributed by atoms with Crippen molar-refractivity contribution >= 4 is 43.9 Å². The molecule has 0 N–H and O–H groups in total. The van der Waals surface area contributed by atoms with Crippen molar-refractivity contribution in [2.75, 3.05) is 6.54 Å². The second-order valence-electron chi connectivity index (χ2n) is 2.94. The predicted molar refractivity (Wildman–Crippen MR) is 56.5 cm³/mol. The highest BCUT2D eigenvalue weighted by Crippen LogP contribution is 2.29. The fraction of sp³-hybridized carbons (Fsp3) is 0.375. The van der Waals surface area contributed by atoms with E-state index in [0.29, 0.717) is 4.91 Å². The lowest BCUT2D eigenvalue weighted by Gasteiger charge is -2.08. The first kappa shape index (κ1) is 11.5. The summed E-state index contributed by atoms with van der Waals surface area (Å²) in [6.07, 6.45) is 0. The molecular weight excluding hydrogens is 217 g/mol. The van der Waals surface area contributed by atoms with Crippen LogP contribution in [0.4, 0.5) is 4.79 Å². The van der Waals surface area contributed by atoms with Gasteiger partial charge in [-0.05, 0) is 18.7 Å². The van der Waals surface area contributed by atoms with Crippen LogP contribution in [0.5, 0.6) is 0 Å². The van der Waals surface area contributed by atoms with Gasteiger partial charge in [0.05, 0.1) is 11.4 Å². The van der Waals surface area contributed by atoms with Gasteiger partial charge in [0.2, 0.25) is 0 Å². The summed E-state index contributed by atoms with van der Waals surface area (Å²) in [7, 11) is 0. The Balaban J connectivity index is 2.80. The summed E-state index contributed by atoms with van der Waals surface area (Å²) in [5.74, 6) is 1.53. The Kier molecular flexibility index (Phi) is 3.93. The summed E-state index contributed by atoms with van der Waals surface area (Å²) < 4.78 is 0. The normalized spacial score (nSPS) is 19.3. The predicted octanol–water partition coefficient (Wildman–Crippen LogP) is 0.597. The molecule has 0 aromatic heterocycles. The zero-order valence-corrected chi connectivity index (χ0v) is 10.3. The monoisotopic (exact) mass is 227 g/mol. The molecule has 0 saturated carbocycles. The Morgan fingerprint density at radius 2 is 2.21 bits per heavy atom. The lowest BCUT2D eigenvalue weighted by molar-refractivity contribution is -0.127. The maximum absolute atomic E-state index is 11.5. The number of ketones is 1. The van der Waals surface area contributed by atoms with E-state index in [1.807, 2.05) is 10.7 Å². The number of carbonyl (C=O) groups is 3. The molecule has 0 unspecified atom stereocenters. The Morgan fingerprint density at radius 3 is 2.71 bits per heavy atom. The number of carbonyl (C=O) groups excluding carboxylic acids is 3. The number of amides is 2. The highest BCUT2D eigenvalue weighted by atomic mass is 32.2. The van der Waals surface area contributed by atoms with Crippen molar-refractivity contribution in [1.29, 1.82) is 0 Å². The molecule has 0 atom stereocenters. The molecule has 1 saturated heterocycles. The number of hydrogen-bond donors (Lipinski definition) is 0. The maximum atomic E-state index is 11.5. The first-order chi connectivity index (χ1) is 6.56. The zero-order chi connectivity index (χ0) is 10.7. The van der Waals surface area contributed by atoms with Crippen LogP contribution in [0, 0.1) is 0 Å². The SMILES string of the molecule is [CH3][AlH]/[CH]=C1/SC(=O)N(CC(C)=O)C1=O.